The Morgan fingerprint density at radius 3 is 2.62 bits per heavy atom. The average Bonchev–Trinajstić information content (AvgIpc) is 2.91. The molecule has 1 aromatic carbocycles. The third-order valence-corrected chi connectivity index (χ3v) is 4.81. The van der Waals surface area contributed by atoms with Crippen LogP contribution in [-0.4, -0.2) is 38.8 Å². The van der Waals surface area contributed by atoms with Gasteiger partial charge in [-0.15, -0.1) is 0 Å². The first kappa shape index (κ1) is 15.5. The van der Waals surface area contributed by atoms with Crippen LogP contribution in [0.15, 0.2) is 41.4 Å². The summed E-state index contributed by atoms with van der Waals surface area (Å²) < 4.78 is 26.7. The van der Waals surface area contributed by atoms with Gasteiger partial charge in [0.1, 0.15) is 4.90 Å². The van der Waals surface area contributed by atoms with E-state index in [9.17, 15) is 8.42 Å². The fraction of sp³-hybridized carbons (Fsp3) is 0.357. The number of nitrogens with one attached hydrogen (secondary N) is 2. The highest BCUT2D eigenvalue weighted by molar-refractivity contribution is 7.89. The number of aryl methyl sites for hydroxylation is 1. The molecule has 0 saturated heterocycles. The highest BCUT2D eigenvalue weighted by Gasteiger charge is 2.17. The molecule has 0 aliphatic heterocycles. The lowest BCUT2D eigenvalue weighted by molar-refractivity contribution is 0.578. The van der Waals surface area contributed by atoms with Crippen molar-refractivity contribution >= 4 is 15.7 Å². The fourth-order valence-electron chi connectivity index (χ4n) is 2.02. The molecular weight excluding hydrogens is 288 g/mol. The Hall–Kier alpha value is -1.86. The molecule has 2 N–H and O–H groups in total. The van der Waals surface area contributed by atoms with Crippen molar-refractivity contribution in [2.24, 2.45) is 0 Å². The van der Waals surface area contributed by atoms with Crippen LogP contribution in [0.4, 0.5) is 5.69 Å². The van der Waals surface area contributed by atoms with Gasteiger partial charge in [0.05, 0.1) is 11.9 Å². The molecule has 0 bridgehead atoms. The minimum absolute atomic E-state index is 0.207. The van der Waals surface area contributed by atoms with E-state index in [0.29, 0.717) is 12.2 Å². The van der Waals surface area contributed by atoms with Crippen molar-refractivity contribution in [2.45, 2.75) is 18.2 Å². The van der Waals surface area contributed by atoms with Crippen LogP contribution in [0.2, 0.25) is 0 Å². The zero-order valence-corrected chi connectivity index (χ0v) is 13.0. The van der Waals surface area contributed by atoms with Crippen molar-refractivity contribution in [3.63, 3.8) is 0 Å². The van der Waals surface area contributed by atoms with Crippen LogP contribution in [0.25, 0.3) is 0 Å². The summed E-state index contributed by atoms with van der Waals surface area (Å²) in [5, 5.41) is 6.36. The van der Waals surface area contributed by atoms with Crippen molar-refractivity contribution in [2.75, 3.05) is 25.0 Å². The van der Waals surface area contributed by atoms with Gasteiger partial charge >= 0.3 is 0 Å². The fourth-order valence-corrected chi connectivity index (χ4v) is 3.23. The Morgan fingerprint density at radius 2 is 2.00 bits per heavy atom. The number of H-pyrrole nitrogens is 1. The molecule has 0 radical (unpaired) electrons. The van der Waals surface area contributed by atoms with Gasteiger partial charge in [0.25, 0.3) is 0 Å². The molecule has 7 heteroatoms. The third kappa shape index (κ3) is 4.05. The highest BCUT2D eigenvalue weighted by Crippen LogP contribution is 2.12. The number of aromatic nitrogens is 2. The lowest BCUT2D eigenvalue weighted by Crippen LogP contribution is -2.28. The Morgan fingerprint density at radius 1 is 1.29 bits per heavy atom. The number of nitrogens with zero attached hydrogens (tertiary/aromatic N) is 2. The van der Waals surface area contributed by atoms with Crippen molar-refractivity contribution in [3.8, 4) is 0 Å². The molecule has 2 rings (SSSR count). The molecule has 0 saturated carbocycles. The second-order valence-corrected chi connectivity index (χ2v) is 6.60. The topological polar surface area (TPSA) is 78.1 Å². The molecule has 0 amide bonds. The summed E-state index contributed by atoms with van der Waals surface area (Å²) >= 11 is 0. The predicted octanol–water partition coefficient (Wildman–Crippen LogP) is 1.52. The summed E-state index contributed by atoms with van der Waals surface area (Å²) in [6.45, 7) is 2.85. The number of hydrogen-bond donors (Lipinski definition) is 2. The van der Waals surface area contributed by atoms with Gasteiger partial charge in [0, 0.05) is 25.8 Å². The van der Waals surface area contributed by atoms with E-state index < -0.39 is 10.0 Å². The van der Waals surface area contributed by atoms with Gasteiger partial charge in [-0.3, -0.25) is 5.10 Å². The number of para-hydroxylation sites is 1. The van der Waals surface area contributed by atoms with Gasteiger partial charge in [0.2, 0.25) is 10.0 Å². The Balaban J connectivity index is 1.81. The zero-order valence-electron chi connectivity index (χ0n) is 12.2. The minimum atomic E-state index is -3.47. The van der Waals surface area contributed by atoms with E-state index in [1.54, 1.807) is 6.92 Å². The number of sulfonamides is 1. The zero-order chi connectivity index (χ0) is 15.3. The maximum atomic E-state index is 12.0. The number of aromatic amines is 1. The summed E-state index contributed by atoms with van der Waals surface area (Å²) in [5.74, 6) is 0. The van der Waals surface area contributed by atoms with Crippen LogP contribution < -0.4 is 9.62 Å². The Labute approximate surface area is 125 Å². The molecule has 0 spiro atoms. The lowest BCUT2D eigenvalue weighted by atomic mass is 10.3. The molecule has 114 valence electrons. The molecule has 1 aromatic heterocycles. The highest BCUT2D eigenvalue weighted by atomic mass is 32.2. The molecule has 21 heavy (non-hydrogen) atoms. The van der Waals surface area contributed by atoms with Gasteiger partial charge in [-0.05, 0) is 25.5 Å². The average molecular weight is 308 g/mol. The van der Waals surface area contributed by atoms with Crippen molar-refractivity contribution in [1.29, 1.82) is 0 Å². The first-order valence-electron chi connectivity index (χ1n) is 6.76. The van der Waals surface area contributed by atoms with Gasteiger partial charge in [0.15, 0.2) is 0 Å². The molecule has 0 atom stereocenters. The number of hydrogen-bond acceptors (Lipinski definition) is 4. The van der Waals surface area contributed by atoms with E-state index in [0.717, 1.165) is 18.7 Å². The summed E-state index contributed by atoms with van der Waals surface area (Å²) in [6.07, 6.45) is 2.05. The van der Waals surface area contributed by atoms with E-state index in [1.807, 2.05) is 37.4 Å². The van der Waals surface area contributed by atoms with Gasteiger partial charge in [-0.1, -0.05) is 18.2 Å². The number of anilines is 1. The van der Waals surface area contributed by atoms with E-state index >= 15 is 0 Å². The summed E-state index contributed by atoms with van der Waals surface area (Å²) in [7, 11) is -1.48. The predicted molar refractivity (Wildman–Crippen MR) is 82.8 cm³/mol. The largest absolute Gasteiger partial charge is 0.375 e. The molecule has 0 aliphatic rings. The monoisotopic (exact) mass is 308 g/mol. The summed E-state index contributed by atoms with van der Waals surface area (Å²) in [6, 6.07) is 9.99. The quantitative estimate of drug-likeness (QED) is 0.760. The van der Waals surface area contributed by atoms with E-state index in [-0.39, 0.29) is 4.90 Å². The van der Waals surface area contributed by atoms with Crippen molar-refractivity contribution < 1.29 is 8.42 Å². The smallest absolute Gasteiger partial charge is 0.243 e. The number of rotatable bonds is 7. The molecule has 0 fully saturated rings. The maximum Gasteiger partial charge on any atom is 0.243 e. The SMILES string of the molecule is Cc1[nH]ncc1S(=O)(=O)NCCCN(C)c1ccccc1. The van der Waals surface area contributed by atoms with Gasteiger partial charge in [-0.2, -0.15) is 5.10 Å². The van der Waals surface area contributed by atoms with Gasteiger partial charge in [-0.25, -0.2) is 13.1 Å². The summed E-state index contributed by atoms with van der Waals surface area (Å²) in [5.41, 5.74) is 1.66. The van der Waals surface area contributed by atoms with Crippen LogP contribution in [0, 0.1) is 6.92 Å². The van der Waals surface area contributed by atoms with Crippen LogP contribution >= 0.6 is 0 Å². The molecule has 0 unspecified atom stereocenters. The van der Waals surface area contributed by atoms with Crippen LogP contribution in [0.3, 0.4) is 0 Å². The standard InChI is InChI=1S/C14H20N4O2S/c1-12-14(11-15-17-12)21(19,20)16-9-6-10-18(2)13-7-4-3-5-8-13/h3-5,7-8,11,16H,6,9-10H2,1-2H3,(H,15,17). The van der Waals surface area contributed by atoms with Crippen LogP contribution in [0.1, 0.15) is 12.1 Å². The third-order valence-electron chi connectivity index (χ3n) is 3.23. The molecule has 6 nitrogen and oxygen atoms in total. The molecule has 0 aliphatic carbocycles. The van der Waals surface area contributed by atoms with Crippen LogP contribution in [0.5, 0.6) is 0 Å². The molecule has 1 heterocycles. The molecular formula is C14H20N4O2S. The first-order chi connectivity index (χ1) is 10.0. The van der Waals surface area contributed by atoms with Crippen LogP contribution in [-0.2, 0) is 10.0 Å². The van der Waals surface area contributed by atoms with Gasteiger partial charge < -0.3 is 4.90 Å². The second-order valence-electron chi connectivity index (χ2n) is 4.87. The van der Waals surface area contributed by atoms with Crippen molar-refractivity contribution in [1.82, 2.24) is 14.9 Å². The maximum absolute atomic E-state index is 12.0. The normalized spacial score (nSPS) is 11.5. The number of benzene rings is 1. The van der Waals surface area contributed by atoms with E-state index in [1.165, 1.54) is 6.20 Å². The van der Waals surface area contributed by atoms with Crippen molar-refractivity contribution in [3.05, 3.63) is 42.2 Å². The summed E-state index contributed by atoms with van der Waals surface area (Å²) in [4.78, 5) is 2.30. The van der Waals surface area contributed by atoms with E-state index in [2.05, 4.69) is 19.8 Å². The molecule has 2 aromatic rings. The Bertz CT molecular complexity index is 667. The first-order valence-corrected chi connectivity index (χ1v) is 8.25. The minimum Gasteiger partial charge on any atom is -0.375 e. The lowest BCUT2D eigenvalue weighted by Gasteiger charge is -2.19. The second kappa shape index (κ2) is 6.73. The van der Waals surface area contributed by atoms with E-state index in [4.69, 9.17) is 0 Å². The Kier molecular flexibility index (Phi) is 4.98.